The van der Waals surface area contributed by atoms with Gasteiger partial charge < -0.3 is 14.6 Å². The van der Waals surface area contributed by atoms with Crippen LogP contribution < -0.4 is 9.47 Å². The van der Waals surface area contributed by atoms with Crippen molar-refractivity contribution in [2.24, 2.45) is 0 Å². The molecule has 1 N–H and O–H groups in total. The van der Waals surface area contributed by atoms with Crippen LogP contribution in [0.3, 0.4) is 0 Å². The largest absolute Gasteiger partial charge is 0.493 e. The molecule has 112 valence electrons. The van der Waals surface area contributed by atoms with E-state index in [0.29, 0.717) is 13.0 Å². The smallest absolute Gasteiger partial charge is 0.129 e. The molecule has 1 aliphatic heterocycles. The van der Waals surface area contributed by atoms with E-state index < -0.39 is 6.10 Å². The van der Waals surface area contributed by atoms with Crippen molar-refractivity contribution in [2.45, 2.75) is 38.4 Å². The molecule has 2 heterocycles. The summed E-state index contributed by atoms with van der Waals surface area (Å²) in [4.78, 5) is 1.32. The van der Waals surface area contributed by atoms with Crippen LogP contribution in [0, 0.1) is 0 Å². The van der Waals surface area contributed by atoms with Gasteiger partial charge in [0.2, 0.25) is 0 Å². The molecule has 1 aliphatic rings. The number of hydrogen-bond acceptors (Lipinski definition) is 4. The topological polar surface area (TPSA) is 38.7 Å². The Kier molecular flexibility index (Phi) is 3.91. The molecule has 1 aromatic carbocycles. The second-order valence-electron chi connectivity index (χ2n) is 5.96. The third-order valence-electron chi connectivity index (χ3n) is 3.61. The van der Waals surface area contributed by atoms with Crippen molar-refractivity contribution in [3.05, 3.63) is 46.2 Å². The maximum atomic E-state index is 10.2. The van der Waals surface area contributed by atoms with Crippen LogP contribution in [-0.2, 0) is 6.42 Å². The molecule has 3 rings (SSSR count). The predicted octanol–water partition coefficient (Wildman–Crippen LogP) is 3.96. The lowest BCUT2D eigenvalue weighted by molar-refractivity contribution is 0.0113. The monoisotopic (exact) mass is 304 g/mol. The van der Waals surface area contributed by atoms with Crippen molar-refractivity contribution in [3.8, 4) is 11.5 Å². The number of ether oxygens (including phenoxy) is 2. The van der Waals surface area contributed by atoms with E-state index in [1.807, 2.05) is 32.0 Å². The molecule has 1 aromatic heterocycles. The molecule has 0 saturated heterocycles. The van der Waals surface area contributed by atoms with Crippen molar-refractivity contribution >= 4 is 11.3 Å². The van der Waals surface area contributed by atoms with Gasteiger partial charge in [-0.3, -0.25) is 0 Å². The van der Waals surface area contributed by atoms with Gasteiger partial charge in [-0.1, -0.05) is 6.07 Å². The van der Waals surface area contributed by atoms with Gasteiger partial charge in [0.25, 0.3) is 0 Å². The summed E-state index contributed by atoms with van der Waals surface area (Å²) >= 11 is 1.74. The van der Waals surface area contributed by atoms with Gasteiger partial charge in [-0.05, 0) is 37.4 Å². The fourth-order valence-electron chi connectivity index (χ4n) is 2.61. The van der Waals surface area contributed by atoms with Crippen LogP contribution in [0.5, 0.6) is 11.5 Å². The van der Waals surface area contributed by atoms with Gasteiger partial charge in [0.15, 0.2) is 0 Å². The van der Waals surface area contributed by atoms with E-state index >= 15 is 0 Å². The highest BCUT2D eigenvalue weighted by Gasteiger charge is 2.32. The number of aliphatic hydroxyl groups is 1. The van der Waals surface area contributed by atoms with Crippen molar-refractivity contribution < 1.29 is 14.6 Å². The Morgan fingerprint density at radius 3 is 3.00 bits per heavy atom. The van der Waals surface area contributed by atoms with Gasteiger partial charge in [0.1, 0.15) is 17.1 Å². The van der Waals surface area contributed by atoms with Crippen LogP contribution in [0.4, 0.5) is 0 Å². The fourth-order valence-corrected chi connectivity index (χ4v) is 3.30. The third kappa shape index (κ3) is 3.39. The van der Waals surface area contributed by atoms with Gasteiger partial charge in [0.05, 0.1) is 12.7 Å². The first-order valence-electron chi connectivity index (χ1n) is 7.20. The zero-order valence-corrected chi connectivity index (χ0v) is 13.2. The first-order valence-corrected chi connectivity index (χ1v) is 8.08. The summed E-state index contributed by atoms with van der Waals surface area (Å²) in [5, 5.41) is 12.2. The van der Waals surface area contributed by atoms with Crippen LogP contribution in [0.1, 0.15) is 36.8 Å². The number of thiophene rings is 1. The lowest BCUT2D eigenvalue weighted by Gasteiger charge is -2.35. The van der Waals surface area contributed by atoms with Crippen LogP contribution in [0.15, 0.2) is 35.7 Å². The standard InChI is InChI=1S/C17H20O3S/c1-17(2)11-15(18)14-6-5-12(10-16(14)20-17)19-8-7-13-4-3-9-21-13/h3-6,9-10,15,18H,7-8,11H2,1-2H3. The lowest BCUT2D eigenvalue weighted by atomic mass is 9.92. The molecule has 0 aliphatic carbocycles. The molecule has 4 heteroatoms. The molecular formula is C17H20O3S. The van der Waals surface area contributed by atoms with E-state index in [-0.39, 0.29) is 5.60 Å². The zero-order chi connectivity index (χ0) is 14.9. The molecule has 21 heavy (non-hydrogen) atoms. The van der Waals surface area contributed by atoms with E-state index in [0.717, 1.165) is 23.5 Å². The number of hydrogen-bond donors (Lipinski definition) is 1. The Bertz CT molecular complexity index is 605. The van der Waals surface area contributed by atoms with Crippen LogP contribution in [0.25, 0.3) is 0 Å². The fraction of sp³-hybridized carbons (Fsp3) is 0.412. The third-order valence-corrected chi connectivity index (χ3v) is 4.55. The minimum Gasteiger partial charge on any atom is -0.493 e. The maximum Gasteiger partial charge on any atom is 0.129 e. The summed E-state index contributed by atoms with van der Waals surface area (Å²) in [7, 11) is 0. The van der Waals surface area contributed by atoms with Crippen LogP contribution in [-0.4, -0.2) is 17.3 Å². The highest BCUT2D eigenvalue weighted by atomic mass is 32.1. The highest BCUT2D eigenvalue weighted by molar-refractivity contribution is 7.09. The normalized spacial score (nSPS) is 19.7. The van der Waals surface area contributed by atoms with Crippen molar-refractivity contribution in [2.75, 3.05) is 6.61 Å². The van der Waals surface area contributed by atoms with Crippen molar-refractivity contribution in [3.63, 3.8) is 0 Å². The second kappa shape index (κ2) is 5.70. The minimum atomic E-state index is -0.469. The first kappa shape index (κ1) is 14.4. The molecule has 0 bridgehead atoms. The molecule has 1 atom stereocenters. The van der Waals surface area contributed by atoms with Crippen molar-refractivity contribution in [1.29, 1.82) is 0 Å². The van der Waals surface area contributed by atoms with Gasteiger partial charge in [-0.25, -0.2) is 0 Å². The van der Waals surface area contributed by atoms with E-state index in [1.165, 1.54) is 4.88 Å². The summed E-state index contributed by atoms with van der Waals surface area (Å²) in [6.45, 7) is 4.62. The Hall–Kier alpha value is -1.52. The number of fused-ring (bicyclic) bond motifs is 1. The summed E-state index contributed by atoms with van der Waals surface area (Å²) in [5.41, 5.74) is 0.502. The Labute approximate surface area is 129 Å². The lowest BCUT2D eigenvalue weighted by Crippen LogP contribution is -2.34. The summed E-state index contributed by atoms with van der Waals surface area (Å²) in [5.74, 6) is 1.52. The Morgan fingerprint density at radius 2 is 2.24 bits per heavy atom. The van der Waals surface area contributed by atoms with E-state index in [2.05, 4.69) is 17.5 Å². The molecule has 1 unspecified atom stereocenters. The number of rotatable bonds is 4. The Morgan fingerprint density at radius 1 is 1.38 bits per heavy atom. The maximum absolute atomic E-state index is 10.2. The summed E-state index contributed by atoms with van der Waals surface area (Å²) in [6.07, 6.45) is 1.05. The summed E-state index contributed by atoms with van der Waals surface area (Å²) in [6, 6.07) is 9.85. The molecule has 0 spiro atoms. The molecule has 2 aromatic rings. The van der Waals surface area contributed by atoms with Gasteiger partial charge >= 0.3 is 0 Å². The van der Waals surface area contributed by atoms with Gasteiger partial charge in [0, 0.05) is 29.3 Å². The molecule has 0 saturated carbocycles. The van der Waals surface area contributed by atoms with Gasteiger partial charge in [-0.15, -0.1) is 11.3 Å². The van der Waals surface area contributed by atoms with Crippen molar-refractivity contribution in [1.82, 2.24) is 0 Å². The number of aliphatic hydroxyl groups excluding tert-OH is 1. The molecule has 0 amide bonds. The Balaban J connectivity index is 1.68. The first-order chi connectivity index (χ1) is 10.0. The average molecular weight is 304 g/mol. The predicted molar refractivity (Wildman–Crippen MR) is 84.2 cm³/mol. The minimum absolute atomic E-state index is 0.345. The highest BCUT2D eigenvalue weighted by Crippen LogP contribution is 2.41. The zero-order valence-electron chi connectivity index (χ0n) is 12.3. The van der Waals surface area contributed by atoms with E-state index in [1.54, 1.807) is 11.3 Å². The van der Waals surface area contributed by atoms with Crippen LogP contribution in [0.2, 0.25) is 0 Å². The molecular weight excluding hydrogens is 284 g/mol. The SMILES string of the molecule is CC1(C)CC(O)c2ccc(OCCc3cccs3)cc2O1. The molecule has 0 fully saturated rings. The van der Waals surface area contributed by atoms with Crippen LogP contribution >= 0.6 is 11.3 Å². The quantitative estimate of drug-likeness (QED) is 0.929. The van der Waals surface area contributed by atoms with Gasteiger partial charge in [-0.2, -0.15) is 0 Å². The molecule has 0 radical (unpaired) electrons. The average Bonchev–Trinajstić information content (AvgIpc) is 2.90. The summed E-state index contributed by atoms with van der Waals surface area (Å²) < 4.78 is 11.7. The molecule has 3 nitrogen and oxygen atoms in total. The van der Waals surface area contributed by atoms with E-state index in [9.17, 15) is 5.11 Å². The second-order valence-corrected chi connectivity index (χ2v) is 6.99. The van der Waals surface area contributed by atoms with E-state index in [4.69, 9.17) is 9.47 Å². The number of benzene rings is 1.